The van der Waals surface area contributed by atoms with Crippen LogP contribution in [0.5, 0.6) is 0 Å². The van der Waals surface area contributed by atoms with E-state index < -0.39 is 0 Å². The Morgan fingerprint density at radius 2 is 1.30 bits per heavy atom. The Bertz CT molecular complexity index is 1560. The Morgan fingerprint density at radius 1 is 0.676 bits per heavy atom. The Balaban J connectivity index is 1.12. The van der Waals surface area contributed by atoms with Gasteiger partial charge in [-0.15, -0.1) is 0 Å². The lowest BCUT2D eigenvalue weighted by Gasteiger charge is -2.08. The third-order valence-corrected chi connectivity index (χ3v) is 7.97. The molecule has 0 radical (unpaired) electrons. The van der Waals surface area contributed by atoms with E-state index in [1.54, 1.807) is 0 Å². The summed E-state index contributed by atoms with van der Waals surface area (Å²) in [5.74, 6) is 1.96. The Hall–Kier alpha value is -3.45. The van der Waals surface area contributed by atoms with Crippen LogP contribution >= 0.6 is 11.6 Å². The summed E-state index contributed by atoms with van der Waals surface area (Å²) in [6, 6.07) is 22.3. The van der Waals surface area contributed by atoms with Gasteiger partial charge in [-0.05, 0) is 72.8 Å². The van der Waals surface area contributed by atoms with Crippen LogP contribution in [0, 0.1) is 0 Å². The van der Waals surface area contributed by atoms with Crippen molar-refractivity contribution in [2.75, 3.05) is 13.1 Å². The van der Waals surface area contributed by atoms with Crippen molar-refractivity contribution in [1.29, 1.82) is 0 Å². The SMILES string of the molecule is Clc1[nH]c(C2CCCN2)nc1-c1ccc(-c2ccc3cc(-c4cnc([C@@H]5CCCN5)[nH]4)ccc3c2)cc1. The van der Waals surface area contributed by atoms with E-state index >= 15 is 0 Å². The van der Waals surface area contributed by atoms with Gasteiger partial charge in [-0.1, -0.05) is 60.1 Å². The number of hydrogen-bond acceptors (Lipinski definition) is 4. The molecule has 7 heteroatoms. The van der Waals surface area contributed by atoms with Crippen LogP contribution in [0.2, 0.25) is 5.15 Å². The summed E-state index contributed by atoms with van der Waals surface area (Å²) in [5.41, 5.74) is 6.41. The maximum atomic E-state index is 6.52. The standard InChI is InChI=1S/C30H29ClN6/c31-28-27(36-30(37-28)25-4-2-14-33-25)19-7-5-18(6-8-19)20-9-10-22-16-23(12-11-21(22)15-20)26-17-34-29(35-26)24-3-1-13-32-24/h5-12,15-17,24-25,32-33H,1-4,13-14H2,(H,34,35)(H,36,37)/t24-,25?/m0/s1. The lowest BCUT2D eigenvalue weighted by Crippen LogP contribution is -2.14. The molecule has 1 unspecified atom stereocenters. The fourth-order valence-electron chi connectivity index (χ4n) is 5.64. The van der Waals surface area contributed by atoms with Crippen molar-refractivity contribution in [3.8, 4) is 33.6 Å². The maximum absolute atomic E-state index is 6.52. The molecule has 3 aromatic carbocycles. The first-order valence-electron chi connectivity index (χ1n) is 13.1. The van der Waals surface area contributed by atoms with Gasteiger partial charge in [-0.2, -0.15) is 0 Å². The molecule has 4 N–H and O–H groups in total. The topological polar surface area (TPSA) is 81.4 Å². The van der Waals surface area contributed by atoms with E-state index in [1.807, 2.05) is 6.20 Å². The van der Waals surface area contributed by atoms with E-state index in [9.17, 15) is 0 Å². The van der Waals surface area contributed by atoms with E-state index in [4.69, 9.17) is 16.6 Å². The predicted octanol–water partition coefficient (Wildman–Crippen LogP) is 6.79. The molecule has 2 aliphatic heterocycles. The summed E-state index contributed by atoms with van der Waals surface area (Å²) in [6.45, 7) is 2.10. The molecule has 0 amide bonds. The highest BCUT2D eigenvalue weighted by Crippen LogP contribution is 2.33. The lowest BCUT2D eigenvalue weighted by molar-refractivity contribution is 0.613. The second-order valence-electron chi connectivity index (χ2n) is 10.1. The van der Waals surface area contributed by atoms with Gasteiger partial charge in [0.1, 0.15) is 22.5 Å². The van der Waals surface area contributed by atoms with E-state index in [0.29, 0.717) is 11.2 Å². The molecular weight excluding hydrogens is 480 g/mol. The van der Waals surface area contributed by atoms with Gasteiger partial charge in [-0.3, -0.25) is 0 Å². The van der Waals surface area contributed by atoms with Crippen LogP contribution in [0.3, 0.4) is 0 Å². The number of halogens is 1. The molecule has 2 atom stereocenters. The molecule has 2 aliphatic rings. The third-order valence-electron chi connectivity index (χ3n) is 7.70. The summed E-state index contributed by atoms with van der Waals surface area (Å²) < 4.78 is 0. The molecule has 37 heavy (non-hydrogen) atoms. The zero-order valence-corrected chi connectivity index (χ0v) is 21.3. The van der Waals surface area contributed by atoms with E-state index in [1.165, 1.54) is 34.7 Å². The minimum absolute atomic E-state index is 0.267. The van der Waals surface area contributed by atoms with Gasteiger partial charge in [0.2, 0.25) is 0 Å². The van der Waals surface area contributed by atoms with Crippen molar-refractivity contribution >= 4 is 22.4 Å². The van der Waals surface area contributed by atoms with Gasteiger partial charge < -0.3 is 20.6 Å². The molecule has 5 aromatic rings. The highest BCUT2D eigenvalue weighted by molar-refractivity contribution is 6.31. The molecule has 2 fully saturated rings. The maximum Gasteiger partial charge on any atom is 0.134 e. The first-order valence-corrected chi connectivity index (χ1v) is 13.5. The molecule has 0 spiro atoms. The smallest absolute Gasteiger partial charge is 0.134 e. The number of fused-ring (bicyclic) bond motifs is 1. The summed E-state index contributed by atoms with van der Waals surface area (Å²) in [7, 11) is 0. The fraction of sp³-hybridized carbons (Fsp3) is 0.267. The summed E-state index contributed by atoms with van der Waals surface area (Å²) in [4.78, 5) is 16.2. The second kappa shape index (κ2) is 9.45. The van der Waals surface area contributed by atoms with Gasteiger partial charge in [-0.25, -0.2) is 9.97 Å². The summed E-state index contributed by atoms with van der Waals surface area (Å²) >= 11 is 6.52. The molecular formula is C30H29ClN6. The molecule has 7 rings (SSSR count). The first-order chi connectivity index (χ1) is 18.2. The van der Waals surface area contributed by atoms with Gasteiger partial charge >= 0.3 is 0 Å². The highest BCUT2D eigenvalue weighted by atomic mass is 35.5. The van der Waals surface area contributed by atoms with Crippen LogP contribution in [0.25, 0.3) is 44.4 Å². The van der Waals surface area contributed by atoms with Gasteiger partial charge in [0, 0.05) is 11.1 Å². The van der Waals surface area contributed by atoms with E-state index in [2.05, 4.69) is 86.2 Å². The van der Waals surface area contributed by atoms with Gasteiger partial charge in [0.15, 0.2) is 0 Å². The monoisotopic (exact) mass is 508 g/mol. The van der Waals surface area contributed by atoms with Crippen molar-refractivity contribution in [2.24, 2.45) is 0 Å². The molecule has 186 valence electrons. The number of aromatic amines is 2. The molecule has 2 saturated heterocycles. The molecule has 6 nitrogen and oxygen atoms in total. The number of hydrogen-bond donors (Lipinski definition) is 4. The number of benzene rings is 3. The van der Waals surface area contributed by atoms with Crippen LogP contribution in [-0.2, 0) is 0 Å². The zero-order valence-electron chi connectivity index (χ0n) is 20.5. The Labute approximate surface area is 220 Å². The average Bonchev–Trinajstić information content (AvgIpc) is 3.75. The minimum atomic E-state index is 0.267. The highest BCUT2D eigenvalue weighted by Gasteiger charge is 2.22. The Kier molecular flexibility index (Phi) is 5.80. The van der Waals surface area contributed by atoms with Crippen molar-refractivity contribution in [2.45, 2.75) is 37.8 Å². The number of nitrogens with one attached hydrogen (secondary N) is 4. The number of H-pyrrole nitrogens is 2. The number of imidazole rings is 2. The van der Waals surface area contributed by atoms with Crippen molar-refractivity contribution in [3.63, 3.8) is 0 Å². The largest absolute Gasteiger partial charge is 0.341 e. The predicted molar refractivity (Wildman–Crippen MR) is 150 cm³/mol. The molecule has 0 bridgehead atoms. The number of aromatic nitrogens is 4. The quantitative estimate of drug-likeness (QED) is 0.211. The van der Waals surface area contributed by atoms with Crippen LogP contribution < -0.4 is 10.6 Å². The van der Waals surface area contributed by atoms with Crippen LogP contribution in [-0.4, -0.2) is 33.0 Å². The fourth-order valence-corrected chi connectivity index (χ4v) is 5.88. The van der Waals surface area contributed by atoms with Crippen molar-refractivity contribution in [1.82, 2.24) is 30.6 Å². The number of rotatable bonds is 5. The molecule has 0 saturated carbocycles. The molecule has 2 aromatic heterocycles. The first kappa shape index (κ1) is 22.7. The van der Waals surface area contributed by atoms with Crippen LogP contribution in [0.1, 0.15) is 49.4 Å². The molecule has 0 aliphatic carbocycles. The minimum Gasteiger partial charge on any atom is -0.341 e. The van der Waals surface area contributed by atoms with Crippen molar-refractivity contribution in [3.05, 3.63) is 83.7 Å². The average molecular weight is 509 g/mol. The Morgan fingerprint density at radius 3 is 2.00 bits per heavy atom. The summed E-state index contributed by atoms with van der Waals surface area (Å²) in [6.07, 6.45) is 6.56. The zero-order chi connectivity index (χ0) is 24.8. The second-order valence-corrected chi connectivity index (χ2v) is 10.5. The van der Waals surface area contributed by atoms with Gasteiger partial charge in [0.25, 0.3) is 0 Å². The van der Waals surface area contributed by atoms with Crippen molar-refractivity contribution < 1.29 is 0 Å². The van der Waals surface area contributed by atoms with E-state index in [-0.39, 0.29) is 6.04 Å². The van der Waals surface area contributed by atoms with Gasteiger partial charge in [0.05, 0.1) is 24.0 Å². The lowest BCUT2D eigenvalue weighted by atomic mass is 9.98. The summed E-state index contributed by atoms with van der Waals surface area (Å²) in [5, 5.41) is 10.0. The molecule has 4 heterocycles. The number of nitrogens with zero attached hydrogens (tertiary/aromatic N) is 2. The van der Waals surface area contributed by atoms with Crippen LogP contribution in [0.15, 0.2) is 66.9 Å². The van der Waals surface area contributed by atoms with E-state index in [0.717, 1.165) is 60.1 Å². The normalized spacial score (nSPS) is 19.7. The van der Waals surface area contributed by atoms with Crippen LogP contribution in [0.4, 0.5) is 0 Å². The third kappa shape index (κ3) is 4.35.